The summed E-state index contributed by atoms with van der Waals surface area (Å²) in [7, 11) is 0. The highest BCUT2D eigenvalue weighted by Crippen LogP contribution is 2.42. The topological polar surface area (TPSA) is 50.1 Å². The third-order valence-corrected chi connectivity index (χ3v) is 5.70. The number of nitrogens with two attached hydrogens (primary N) is 1. The van der Waals surface area contributed by atoms with Gasteiger partial charge in [-0.15, -0.1) is 0 Å². The lowest BCUT2D eigenvalue weighted by atomic mass is 9.76. The van der Waals surface area contributed by atoms with Gasteiger partial charge in [0.05, 0.1) is 11.5 Å². The molecule has 0 aromatic carbocycles. The summed E-state index contributed by atoms with van der Waals surface area (Å²) in [5.74, 6) is 1.42. The number of fused-ring (bicyclic) bond motifs is 3. The third kappa shape index (κ3) is 1.63. The molecule has 7 unspecified atom stereocenters. The van der Waals surface area contributed by atoms with E-state index in [9.17, 15) is 0 Å². The molecule has 3 nitrogen and oxygen atoms in total. The average molecular weight is 245 g/mol. The first-order valence-corrected chi connectivity index (χ1v) is 6.84. The molecule has 15 heavy (non-hydrogen) atoms. The average Bonchev–Trinajstić information content (AvgIpc) is 2.69. The molecule has 0 amide bonds. The zero-order valence-corrected chi connectivity index (χ0v) is 10.4. The highest BCUT2D eigenvalue weighted by atomic mass is 32.1. The fourth-order valence-electron chi connectivity index (χ4n) is 3.61. The van der Waals surface area contributed by atoms with Gasteiger partial charge in [0, 0.05) is 17.3 Å². The van der Waals surface area contributed by atoms with Crippen LogP contribution in [-0.4, -0.2) is 28.9 Å². The maximum atomic E-state index is 5.97. The summed E-state index contributed by atoms with van der Waals surface area (Å²) in [6.45, 7) is 0. The predicted molar refractivity (Wildman–Crippen MR) is 68.2 cm³/mol. The van der Waals surface area contributed by atoms with Crippen molar-refractivity contribution in [3.05, 3.63) is 0 Å². The molecule has 0 radical (unpaired) electrons. The van der Waals surface area contributed by atoms with Crippen molar-refractivity contribution in [3.8, 4) is 0 Å². The van der Waals surface area contributed by atoms with E-state index in [1.54, 1.807) is 0 Å². The Bertz CT molecular complexity index is 263. The van der Waals surface area contributed by atoms with Gasteiger partial charge in [-0.25, -0.2) is 0 Å². The van der Waals surface area contributed by atoms with E-state index in [0.29, 0.717) is 23.3 Å². The Morgan fingerprint density at radius 1 is 1.07 bits per heavy atom. The third-order valence-electron chi connectivity index (χ3n) is 4.32. The minimum absolute atomic E-state index is 0.192. The van der Waals surface area contributed by atoms with Crippen LogP contribution >= 0.6 is 25.3 Å². The van der Waals surface area contributed by atoms with Gasteiger partial charge in [-0.1, -0.05) is 0 Å². The van der Waals surface area contributed by atoms with Crippen molar-refractivity contribution in [3.63, 3.8) is 0 Å². The maximum absolute atomic E-state index is 5.97. The molecule has 7 atom stereocenters. The standard InChI is InChI=1S/C10H19N3S2/c11-6-3-4-1-2-5-8(7(4)12-6)13-10(15)9(5)14/h4-10,12-15H,1-3,11H2. The van der Waals surface area contributed by atoms with Gasteiger partial charge in [0.25, 0.3) is 0 Å². The van der Waals surface area contributed by atoms with E-state index in [0.717, 1.165) is 12.3 Å². The van der Waals surface area contributed by atoms with E-state index >= 15 is 0 Å². The second-order valence-corrected chi connectivity index (χ2v) is 6.32. The van der Waals surface area contributed by atoms with Crippen molar-refractivity contribution in [1.82, 2.24) is 10.6 Å². The summed E-state index contributed by atoms with van der Waals surface area (Å²) in [5, 5.41) is 7.71. The Balaban J connectivity index is 1.80. The smallest absolute Gasteiger partial charge is 0.0626 e. The number of hydrogen-bond donors (Lipinski definition) is 5. The second-order valence-electron chi connectivity index (χ2n) is 5.16. The zero-order chi connectivity index (χ0) is 10.6. The maximum Gasteiger partial charge on any atom is 0.0626 e. The normalized spacial score (nSPS) is 59.0. The van der Waals surface area contributed by atoms with E-state index in [4.69, 9.17) is 5.73 Å². The molecular weight excluding hydrogens is 226 g/mol. The van der Waals surface area contributed by atoms with Gasteiger partial charge in [0.1, 0.15) is 0 Å². The molecule has 0 aromatic rings. The van der Waals surface area contributed by atoms with Crippen LogP contribution in [0.4, 0.5) is 0 Å². The van der Waals surface area contributed by atoms with E-state index in [1.165, 1.54) is 12.8 Å². The first kappa shape index (κ1) is 10.7. The van der Waals surface area contributed by atoms with Crippen molar-refractivity contribution >= 4 is 25.3 Å². The van der Waals surface area contributed by atoms with Gasteiger partial charge in [-0.3, -0.25) is 10.6 Å². The summed E-state index contributed by atoms with van der Waals surface area (Å²) in [6.07, 6.45) is 3.90. The summed E-state index contributed by atoms with van der Waals surface area (Å²) in [5.41, 5.74) is 5.97. The molecular formula is C10H19N3S2. The fourth-order valence-corrected chi connectivity index (χ4v) is 4.42. The second kappa shape index (κ2) is 3.81. The monoisotopic (exact) mass is 245 g/mol. The molecule has 0 aromatic heterocycles. The Kier molecular flexibility index (Phi) is 2.72. The first-order chi connectivity index (χ1) is 7.16. The Morgan fingerprint density at radius 3 is 2.67 bits per heavy atom. The van der Waals surface area contributed by atoms with Crippen molar-refractivity contribution < 1.29 is 0 Å². The summed E-state index contributed by atoms with van der Waals surface area (Å²) in [4.78, 5) is 0. The van der Waals surface area contributed by atoms with Crippen LogP contribution in [0.5, 0.6) is 0 Å². The minimum Gasteiger partial charge on any atom is -0.316 e. The lowest BCUT2D eigenvalue weighted by Crippen LogP contribution is -2.53. The highest BCUT2D eigenvalue weighted by Gasteiger charge is 2.50. The predicted octanol–water partition coefficient (Wildman–Crippen LogP) is 0.185. The van der Waals surface area contributed by atoms with Crippen LogP contribution < -0.4 is 16.4 Å². The van der Waals surface area contributed by atoms with Crippen LogP contribution in [-0.2, 0) is 0 Å². The number of thiol groups is 2. The molecule has 3 aliphatic rings. The molecule has 86 valence electrons. The Morgan fingerprint density at radius 2 is 1.87 bits per heavy atom. The van der Waals surface area contributed by atoms with Crippen LogP contribution in [0.1, 0.15) is 19.3 Å². The summed E-state index contributed by atoms with van der Waals surface area (Å²) < 4.78 is 0. The molecule has 1 aliphatic carbocycles. The van der Waals surface area contributed by atoms with Crippen molar-refractivity contribution in [2.24, 2.45) is 17.6 Å². The molecule has 2 aliphatic heterocycles. The van der Waals surface area contributed by atoms with Crippen LogP contribution in [0.3, 0.4) is 0 Å². The van der Waals surface area contributed by atoms with Gasteiger partial charge in [0.2, 0.25) is 0 Å². The van der Waals surface area contributed by atoms with Gasteiger partial charge in [0.15, 0.2) is 0 Å². The minimum atomic E-state index is 0.192. The van der Waals surface area contributed by atoms with Gasteiger partial charge >= 0.3 is 0 Å². The molecule has 3 fully saturated rings. The molecule has 5 heteroatoms. The van der Waals surface area contributed by atoms with E-state index in [1.807, 2.05) is 0 Å². The number of nitrogens with one attached hydrogen (secondary N) is 2. The van der Waals surface area contributed by atoms with Crippen molar-refractivity contribution in [2.45, 2.75) is 48.1 Å². The number of hydrogen-bond acceptors (Lipinski definition) is 5. The van der Waals surface area contributed by atoms with E-state index in [2.05, 4.69) is 35.9 Å². The Labute approximate surface area is 102 Å². The molecule has 3 rings (SSSR count). The van der Waals surface area contributed by atoms with Crippen LogP contribution in [0.25, 0.3) is 0 Å². The molecule has 0 bridgehead atoms. The molecule has 2 heterocycles. The Hall–Kier alpha value is 0.580. The quantitative estimate of drug-likeness (QED) is 0.396. The van der Waals surface area contributed by atoms with Gasteiger partial charge in [-0.2, -0.15) is 25.3 Å². The zero-order valence-electron chi connectivity index (χ0n) is 8.63. The lowest BCUT2D eigenvalue weighted by Gasteiger charge is -2.36. The van der Waals surface area contributed by atoms with Crippen molar-refractivity contribution in [2.75, 3.05) is 0 Å². The van der Waals surface area contributed by atoms with Crippen molar-refractivity contribution in [1.29, 1.82) is 0 Å². The fraction of sp³-hybridized carbons (Fsp3) is 1.00. The summed E-state index contributed by atoms with van der Waals surface area (Å²) in [6, 6.07) is 1.08. The largest absolute Gasteiger partial charge is 0.316 e. The van der Waals surface area contributed by atoms with Crippen LogP contribution in [0, 0.1) is 11.8 Å². The van der Waals surface area contributed by atoms with Gasteiger partial charge < -0.3 is 5.73 Å². The van der Waals surface area contributed by atoms with Gasteiger partial charge in [-0.05, 0) is 31.1 Å². The first-order valence-electron chi connectivity index (χ1n) is 5.80. The molecule has 4 N–H and O–H groups in total. The molecule has 1 saturated carbocycles. The lowest BCUT2D eigenvalue weighted by molar-refractivity contribution is 0.220. The summed E-state index contributed by atoms with van der Waals surface area (Å²) >= 11 is 9.21. The molecule has 0 spiro atoms. The van der Waals surface area contributed by atoms with Crippen LogP contribution in [0.15, 0.2) is 0 Å². The van der Waals surface area contributed by atoms with Crippen LogP contribution in [0.2, 0.25) is 0 Å². The van der Waals surface area contributed by atoms with E-state index in [-0.39, 0.29) is 11.5 Å². The number of rotatable bonds is 0. The molecule has 2 saturated heterocycles. The van der Waals surface area contributed by atoms with E-state index < -0.39 is 0 Å². The SMILES string of the molecule is NC1CC2CCC3C(S)C(S)NC3C2N1. The highest BCUT2D eigenvalue weighted by molar-refractivity contribution is 7.85.